The van der Waals surface area contributed by atoms with Crippen molar-refractivity contribution in [3.8, 4) is 0 Å². The minimum absolute atomic E-state index is 0.582. The molecule has 6 nitrogen and oxygen atoms in total. The van der Waals surface area contributed by atoms with Gasteiger partial charge in [0.15, 0.2) is 0 Å². The van der Waals surface area contributed by atoms with Crippen LogP contribution in [0, 0.1) is 20.8 Å². The molecule has 0 atom stereocenters. The third-order valence-corrected chi connectivity index (χ3v) is 3.17. The van der Waals surface area contributed by atoms with Gasteiger partial charge in [0.05, 0.1) is 11.9 Å². The Morgan fingerprint density at radius 1 is 1.09 bits per heavy atom. The zero-order valence-corrected chi connectivity index (χ0v) is 13.3. The molecule has 1 aromatic carbocycles. The first-order valence-corrected chi connectivity index (χ1v) is 7.10. The molecule has 118 valence electrons. The molecular formula is C17H18N4O2. The van der Waals surface area contributed by atoms with Crippen LogP contribution in [-0.2, 0) is 9.59 Å². The van der Waals surface area contributed by atoms with Gasteiger partial charge in [-0.25, -0.2) is 5.43 Å². The normalized spacial score (nSPS) is 10.6. The Kier molecular flexibility index (Phi) is 5.19. The number of nitrogens with one attached hydrogen (secondary N) is 2. The largest absolute Gasteiger partial charge is 0.329 e. The number of amides is 2. The highest BCUT2D eigenvalue weighted by molar-refractivity contribution is 6.39. The fourth-order valence-corrected chi connectivity index (χ4v) is 2.21. The Balaban J connectivity index is 1.98. The van der Waals surface area contributed by atoms with Gasteiger partial charge in [-0.3, -0.25) is 14.6 Å². The Morgan fingerprint density at radius 3 is 2.39 bits per heavy atom. The van der Waals surface area contributed by atoms with Crippen LogP contribution in [0.4, 0.5) is 5.69 Å². The first-order valence-electron chi connectivity index (χ1n) is 7.10. The van der Waals surface area contributed by atoms with Gasteiger partial charge < -0.3 is 5.32 Å². The number of anilines is 1. The van der Waals surface area contributed by atoms with Crippen LogP contribution in [0.2, 0.25) is 0 Å². The number of benzene rings is 1. The van der Waals surface area contributed by atoms with Crippen LogP contribution < -0.4 is 10.7 Å². The second-order valence-electron chi connectivity index (χ2n) is 5.18. The van der Waals surface area contributed by atoms with Gasteiger partial charge in [0.25, 0.3) is 0 Å². The molecule has 0 spiro atoms. The van der Waals surface area contributed by atoms with E-state index in [9.17, 15) is 9.59 Å². The molecule has 0 saturated carbocycles. The molecule has 0 radical (unpaired) electrons. The molecule has 0 fully saturated rings. The number of carbonyl (C=O) groups is 2. The molecule has 6 heteroatoms. The molecular weight excluding hydrogens is 292 g/mol. The van der Waals surface area contributed by atoms with Crippen LogP contribution in [0.1, 0.15) is 22.4 Å². The smallest absolute Gasteiger partial charge is 0.317 e. The van der Waals surface area contributed by atoms with Crippen molar-refractivity contribution in [2.24, 2.45) is 5.10 Å². The number of aryl methyl sites for hydroxylation is 3. The third kappa shape index (κ3) is 4.47. The SMILES string of the molecule is Cc1cc(C)c(NC(=O)C(=O)N/N=C/c2ccccn2)c(C)c1. The number of hydrazone groups is 1. The Morgan fingerprint density at radius 2 is 1.78 bits per heavy atom. The van der Waals surface area contributed by atoms with E-state index in [0.717, 1.165) is 16.7 Å². The number of hydrogen-bond acceptors (Lipinski definition) is 4. The zero-order valence-electron chi connectivity index (χ0n) is 13.3. The van der Waals surface area contributed by atoms with Gasteiger partial charge in [-0.05, 0) is 44.0 Å². The van der Waals surface area contributed by atoms with Crippen molar-refractivity contribution in [2.45, 2.75) is 20.8 Å². The van der Waals surface area contributed by atoms with Crippen molar-refractivity contribution in [1.82, 2.24) is 10.4 Å². The molecule has 0 aliphatic rings. The molecule has 0 bridgehead atoms. The summed E-state index contributed by atoms with van der Waals surface area (Å²) < 4.78 is 0. The number of hydrogen-bond donors (Lipinski definition) is 2. The summed E-state index contributed by atoms with van der Waals surface area (Å²) in [6.45, 7) is 5.74. The highest BCUT2D eigenvalue weighted by Gasteiger charge is 2.15. The van der Waals surface area contributed by atoms with E-state index in [1.165, 1.54) is 6.21 Å². The summed E-state index contributed by atoms with van der Waals surface area (Å²) in [7, 11) is 0. The first-order chi connectivity index (χ1) is 11.0. The molecule has 1 heterocycles. The summed E-state index contributed by atoms with van der Waals surface area (Å²) in [5.41, 5.74) is 6.31. The molecule has 1 aromatic heterocycles. The summed E-state index contributed by atoms with van der Waals surface area (Å²) in [5.74, 6) is -1.60. The lowest BCUT2D eigenvalue weighted by atomic mass is 10.1. The zero-order chi connectivity index (χ0) is 16.8. The van der Waals surface area contributed by atoms with Crippen molar-refractivity contribution in [3.63, 3.8) is 0 Å². The first kappa shape index (κ1) is 16.4. The topological polar surface area (TPSA) is 83.5 Å². The van der Waals surface area contributed by atoms with Crippen molar-refractivity contribution in [1.29, 1.82) is 0 Å². The van der Waals surface area contributed by atoms with E-state index in [1.54, 1.807) is 24.4 Å². The molecule has 23 heavy (non-hydrogen) atoms. The minimum Gasteiger partial charge on any atom is -0.317 e. The average molecular weight is 310 g/mol. The standard InChI is InChI=1S/C17H18N4O2/c1-11-8-12(2)15(13(3)9-11)20-16(22)17(23)21-19-10-14-6-4-5-7-18-14/h4-10H,1-3H3,(H,20,22)(H,21,23)/b19-10+. The van der Waals surface area contributed by atoms with Crippen LogP contribution in [0.25, 0.3) is 0 Å². The lowest BCUT2D eigenvalue weighted by Crippen LogP contribution is -2.32. The van der Waals surface area contributed by atoms with Crippen LogP contribution in [0.3, 0.4) is 0 Å². The van der Waals surface area contributed by atoms with Crippen LogP contribution in [0.15, 0.2) is 41.6 Å². The second kappa shape index (κ2) is 7.31. The van der Waals surface area contributed by atoms with Crippen molar-refractivity contribution >= 4 is 23.7 Å². The predicted molar refractivity (Wildman–Crippen MR) is 89.3 cm³/mol. The van der Waals surface area contributed by atoms with Gasteiger partial charge in [0, 0.05) is 11.9 Å². The quantitative estimate of drug-likeness (QED) is 0.517. The van der Waals surface area contributed by atoms with E-state index in [0.29, 0.717) is 11.4 Å². The monoisotopic (exact) mass is 310 g/mol. The van der Waals surface area contributed by atoms with E-state index in [2.05, 4.69) is 20.8 Å². The van der Waals surface area contributed by atoms with Gasteiger partial charge in [-0.15, -0.1) is 0 Å². The second-order valence-corrected chi connectivity index (χ2v) is 5.18. The van der Waals surface area contributed by atoms with Crippen molar-refractivity contribution < 1.29 is 9.59 Å². The Labute approximate surface area is 134 Å². The van der Waals surface area contributed by atoms with E-state index in [-0.39, 0.29) is 0 Å². The number of nitrogens with zero attached hydrogens (tertiary/aromatic N) is 2. The van der Waals surface area contributed by atoms with E-state index < -0.39 is 11.8 Å². The van der Waals surface area contributed by atoms with E-state index in [1.807, 2.05) is 32.9 Å². The third-order valence-electron chi connectivity index (χ3n) is 3.17. The van der Waals surface area contributed by atoms with E-state index in [4.69, 9.17) is 0 Å². The number of rotatable bonds is 3. The van der Waals surface area contributed by atoms with Crippen LogP contribution >= 0.6 is 0 Å². The summed E-state index contributed by atoms with van der Waals surface area (Å²) >= 11 is 0. The molecule has 0 aliphatic carbocycles. The minimum atomic E-state index is -0.837. The average Bonchev–Trinajstić information content (AvgIpc) is 2.51. The lowest BCUT2D eigenvalue weighted by molar-refractivity contribution is -0.136. The molecule has 0 unspecified atom stereocenters. The van der Waals surface area contributed by atoms with Gasteiger partial charge >= 0.3 is 11.8 Å². The summed E-state index contributed by atoms with van der Waals surface area (Å²) in [5, 5.41) is 6.33. The van der Waals surface area contributed by atoms with Gasteiger partial charge in [0.1, 0.15) is 0 Å². The van der Waals surface area contributed by atoms with Gasteiger partial charge in [-0.2, -0.15) is 5.10 Å². The fraction of sp³-hybridized carbons (Fsp3) is 0.176. The van der Waals surface area contributed by atoms with E-state index >= 15 is 0 Å². The number of carbonyl (C=O) groups excluding carboxylic acids is 2. The number of pyridine rings is 1. The Bertz CT molecular complexity index is 731. The maximum Gasteiger partial charge on any atom is 0.329 e. The van der Waals surface area contributed by atoms with Crippen LogP contribution in [-0.4, -0.2) is 23.0 Å². The maximum atomic E-state index is 11.9. The van der Waals surface area contributed by atoms with Gasteiger partial charge in [-0.1, -0.05) is 23.8 Å². The Hall–Kier alpha value is -3.02. The van der Waals surface area contributed by atoms with Crippen molar-refractivity contribution in [3.05, 3.63) is 58.9 Å². The van der Waals surface area contributed by atoms with Gasteiger partial charge in [0.2, 0.25) is 0 Å². The summed E-state index contributed by atoms with van der Waals surface area (Å²) in [6, 6.07) is 9.19. The molecule has 2 amide bonds. The van der Waals surface area contributed by atoms with Crippen molar-refractivity contribution in [2.75, 3.05) is 5.32 Å². The fourth-order valence-electron chi connectivity index (χ4n) is 2.21. The summed E-state index contributed by atoms with van der Waals surface area (Å²) in [6.07, 6.45) is 2.98. The number of aromatic nitrogens is 1. The van der Waals surface area contributed by atoms with Crippen LogP contribution in [0.5, 0.6) is 0 Å². The highest BCUT2D eigenvalue weighted by atomic mass is 16.2. The molecule has 0 aliphatic heterocycles. The maximum absolute atomic E-state index is 11.9. The molecule has 2 N–H and O–H groups in total. The highest BCUT2D eigenvalue weighted by Crippen LogP contribution is 2.21. The molecule has 2 aromatic rings. The lowest BCUT2D eigenvalue weighted by Gasteiger charge is -2.11. The molecule has 0 saturated heterocycles. The predicted octanol–water partition coefficient (Wildman–Crippen LogP) is 2.10. The summed E-state index contributed by atoms with van der Waals surface area (Å²) in [4.78, 5) is 27.7. The molecule has 2 rings (SSSR count).